The van der Waals surface area contributed by atoms with Crippen LogP contribution in [0.1, 0.15) is 69.1 Å². The number of rotatable bonds is 7. The van der Waals surface area contributed by atoms with E-state index in [2.05, 4.69) is 20.6 Å². The Morgan fingerprint density at radius 1 is 1.26 bits per heavy atom. The van der Waals surface area contributed by atoms with Crippen molar-refractivity contribution in [3.05, 3.63) is 59.7 Å². The summed E-state index contributed by atoms with van der Waals surface area (Å²) in [5, 5.41) is 21.7. The zero-order valence-electron chi connectivity index (χ0n) is 22.1. The number of aryl methyl sites for hydroxylation is 1. The number of imidazole rings is 1. The summed E-state index contributed by atoms with van der Waals surface area (Å²) in [4.78, 5) is 32.6. The Labute approximate surface area is 220 Å². The summed E-state index contributed by atoms with van der Waals surface area (Å²) < 4.78 is 18.0. The van der Waals surface area contributed by atoms with Crippen LogP contribution < -0.4 is 5.32 Å². The van der Waals surface area contributed by atoms with Crippen molar-refractivity contribution in [1.29, 1.82) is 0 Å². The molecule has 0 unspecified atom stereocenters. The Morgan fingerprint density at radius 3 is 2.66 bits per heavy atom. The summed E-state index contributed by atoms with van der Waals surface area (Å²) >= 11 is 0. The van der Waals surface area contributed by atoms with Gasteiger partial charge in [-0.25, -0.2) is 14.1 Å². The van der Waals surface area contributed by atoms with E-state index in [-0.39, 0.29) is 25.4 Å². The molecule has 0 bridgehead atoms. The number of amides is 2. The molecule has 3 heterocycles. The SMILES string of the molecule is Cc1nccn1-c1ccc(CNC(=O)[C@@H]2C[C@@H](O)CN2C(=O)[C@@H](n2cc(C3CC3)nn2)C(C)(C)C)cc1F. The summed E-state index contributed by atoms with van der Waals surface area (Å²) in [5.74, 6) is -0.0492. The minimum Gasteiger partial charge on any atom is -0.391 e. The Balaban J connectivity index is 1.29. The normalized spacial score (nSPS) is 20.5. The first kappa shape index (κ1) is 26.0. The van der Waals surface area contributed by atoms with E-state index in [0.29, 0.717) is 23.0 Å². The number of carbonyl (C=O) groups is 2. The number of benzene rings is 1. The Morgan fingerprint density at radius 2 is 2.03 bits per heavy atom. The fourth-order valence-corrected chi connectivity index (χ4v) is 5.12. The second-order valence-corrected chi connectivity index (χ2v) is 11.4. The van der Waals surface area contributed by atoms with Gasteiger partial charge in [-0.05, 0) is 42.9 Å². The fraction of sp³-hybridized carbons (Fsp3) is 0.519. The van der Waals surface area contributed by atoms with E-state index in [1.54, 1.807) is 40.7 Å². The van der Waals surface area contributed by atoms with Crippen LogP contribution in [0.5, 0.6) is 0 Å². The highest BCUT2D eigenvalue weighted by Crippen LogP contribution is 2.40. The first-order valence-electron chi connectivity index (χ1n) is 13.0. The van der Waals surface area contributed by atoms with Gasteiger partial charge in [0.25, 0.3) is 0 Å². The third kappa shape index (κ3) is 5.20. The van der Waals surface area contributed by atoms with Gasteiger partial charge in [0.15, 0.2) is 0 Å². The minimum absolute atomic E-state index is 0.0568. The number of carbonyl (C=O) groups excluding carboxylic acids is 2. The zero-order valence-corrected chi connectivity index (χ0v) is 22.1. The van der Waals surface area contributed by atoms with Crippen molar-refractivity contribution in [1.82, 2.24) is 34.8 Å². The number of aromatic nitrogens is 5. The lowest BCUT2D eigenvalue weighted by atomic mass is 9.85. The Bertz CT molecular complexity index is 1340. The molecule has 3 aromatic rings. The van der Waals surface area contributed by atoms with E-state index in [4.69, 9.17) is 0 Å². The lowest BCUT2D eigenvalue weighted by molar-refractivity contribution is -0.144. The maximum absolute atomic E-state index is 14.8. The van der Waals surface area contributed by atoms with Gasteiger partial charge in [0.05, 0.1) is 17.5 Å². The minimum atomic E-state index is -0.841. The lowest BCUT2D eigenvalue weighted by Crippen LogP contribution is -2.50. The molecule has 202 valence electrons. The van der Waals surface area contributed by atoms with Gasteiger partial charge >= 0.3 is 0 Å². The Hall–Kier alpha value is -3.60. The van der Waals surface area contributed by atoms with E-state index < -0.39 is 35.3 Å². The van der Waals surface area contributed by atoms with Gasteiger partial charge in [-0.3, -0.25) is 9.59 Å². The number of nitrogens with one attached hydrogen (secondary N) is 1. The van der Waals surface area contributed by atoms with Gasteiger partial charge in [0.2, 0.25) is 11.8 Å². The third-order valence-corrected chi connectivity index (χ3v) is 7.27. The predicted octanol–water partition coefficient (Wildman–Crippen LogP) is 2.65. The van der Waals surface area contributed by atoms with Gasteiger partial charge in [-0.1, -0.05) is 32.1 Å². The average Bonchev–Trinajstić information content (AvgIpc) is 3.23. The summed E-state index contributed by atoms with van der Waals surface area (Å²) in [7, 11) is 0. The molecule has 1 aliphatic carbocycles. The van der Waals surface area contributed by atoms with Gasteiger partial charge in [0, 0.05) is 44.0 Å². The zero-order chi connectivity index (χ0) is 27.2. The summed E-state index contributed by atoms with van der Waals surface area (Å²) in [6, 6.07) is 3.23. The molecule has 1 saturated heterocycles. The molecular weight excluding hydrogens is 489 g/mol. The molecule has 10 nitrogen and oxygen atoms in total. The van der Waals surface area contributed by atoms with Crippen LogP contribution in [0.3, 0.4) is 0 Å². The highest BCUT2D eigenvalue weighted by molar-refractivity contribution is 5.90. The maximum Gasteiger partial charge on any atom is 0.248 e. The van der Waals surface area contributed by atoms with Crippen LogP contribution in [-0.4, -0.2) is 65.1 Å². The van der Waals surface area contributed by atoms with E-state index >= 15 is 0 Å². The van der Waals surface area contributed by atoms with E-state index in [0.717, 1.165) is 18.5 Å². The number of halogens is 1. The summed E-state index contributed by atoms with van der Waals surface area (Å²) in [6.45, 7) is 7.76. The van der Waals surface area contributed by atoms with Crippen molar-refractivity contribution < 1.29 is 19.1 Å². The lowest BCUT2D eigenvalue weighted by Gasteiger charge is -2.34. The molecule has 38 heavy (non-hydrogen) atoms. The van der Waals surface area contributed by atoms with E-state index in [1.165, 1.54) is 11.0 Å². The molecular formula is C27H34FN7O3. The number of aliphatic hydroxyl groups is 1. The number of aliphatic hydroxyl groups excluding tert-OH is 1. The van der Waals surface area contributed by atoms with Gasteiger partial charge in [0.1, 0.15) is 23.7 Å². The van der Waals surface area contributed by atoms with Crippen LogP contribution in [0.4, 0.5) is 4.39 Å². The molecule has 1 aromatic carbocycles. The molecule has 2 N–H and O–H groups in total. The van der Waals surface area contributed by atoms with Crippen LogP contribution >= 0.6 is 0 Å². The van der Waals surface area contributed by atoms with Crippen molar-refractivity contribution >= 4 is 11.8 Å². The number of β-amino-alcohol motifs (C(OH)–C–C–N with tert-alkyl or cyclic N) is 1. The first-order chi connectivity index (χ1) is 18.0. The number of hydrogen-bond acceptors (Lipinski definition) is 6. The number of likely N-dealkylation sites (tertiary alicyclic amines) is 1. The van der Waals surface area contributed by atoms with Crippen LogP contribution in [0.25, 0.3) is 5.69 Å². The summed E-state index contributed by atoms with van der Waals surface area (Å²) in [6.07, 6.45) is 6.58. The van der Waals surface area contributed by atoms with Crippen LogP contribution in [0.2, 0.25) is 0 Å². The molecule has 2 aliphatic rings. The standard InChI is InChI=1S/C27H34FN7O3/c1-16-29-9-10-33(16)22-8-5-17(11-20(22)28)13-30-25(37)23-12-19(36)14-34(23)26(38)24(27(2,3)4)35-15-21(31-32-35)18-6-7-18/h5,8-11,15,18-19,23-24,36H,6-7,12-14H2,1-4H3,(H,30,37)/t19-,23+,24-/m1/s1. The highest BCUT2D eigenvalue weighted by atomic mass is 19.1. The van der Waals surface area contributed by atoms with Crippen molar-refractivity contribution in [2.45, 2.75) is 77.6 Å². The topological polar surface area (TPSA) is 118 Å². The molecule has 1 saturated carbocycles. The average molecular weight is 524 g/mol. The molecule has 2 fully saturated rings. The molecule has 2 amide bonds. The first-order valence-corrected chi connectivity index (χ1v) is 13.0. The molecule has 11 heteroatoms. The van der Waals surface area contributed by atoms with Crippen molar-refractivity contribution in [3.63, 3.8) is 0 Å². The number of nitrogens with zero attached hydrogens (tertiary/aromatic N) is 6. The van der Waals surface area contributed by atoms with E-state index in [1.807, 2.05) is 27.0 Å². The van der Waals surface area contributed by atoms with Crippen LogP contribution in [0, 0.1) is 18.2 Å². The third-order valence-electron chi connectivity index (χ3n) is 7.27. The number of hydrogen-bond donors (Lipinski definition) is 2. The van der Waals surface area contributed by atoms with Gasteiger partial charge < -0.3 is 19.9 Å². The Kier molecular flexibility index (Phi) is 6.81. The maximum atomic E-state index is 14.8. The smallest absolute Gasteiger partial charge is 0.248 e. The molecule has 0 radical (unpaired) electrons. The molecule has 0 spiro atoms. The monoisotopic (exact) mass is 523 g/mol. The molecule has 1 aliphatic heterocycles. The van der Waals surface area contributed by atoms with Crippen molar-refractivity contribution in [3.8, 4) is 5.69 Å². The van der Waals surface area contributed by atoms with Crippen molar-refractivity contribution in [2.75, 3.05) is 6.54 Å². The van der Waals surface area contributed by atoms with Gasteiger partial charge in [-0.15, -0.1) is 5.10 Å². The van der Waals surface area contributed by atoms with Crippen LogP contribution in [-0.2, 0) is 16.1 Å². The van der Waals surface area contributed by atoms with Gasteiger partial charge in [-0.2, -0.15) is 0 Å². The van der Waals surface area contributed by atoms with Crippen molar-refractivity contribution in [2.24, 2.45) is 5.41 Å². The van der Waals surface area contributed by atoms with E-state index in [9.17, 15) is 19.1 Å². The quantitative estimate of drug-likeness (QED) is 0.492. The second kappa shape index (κ2) is 9.94. The molecule has 3 atom stereocenters. The highest BCUT2D eigenvalue weighted by Gasteiger charge is 2.45. The fourth-order valence-electron chi connectivity index (χ4n) is 5.12. The second-order valence-electron chi connectivity index (χ2n) is 11.4. The van der Waals surface area contributed by atoms with Crippen LogP contribution in [0.15, 0.2) is 36.8 Å². The molecule has 5 rings (SSSR count). The largest absolute Gasteiger partial charge is 0.391 e. The predicted molar refractivity (Wildman–Crippen MR) is 137 cm³/mol. The molecule has 2 aromatic heterocycles. The summed E-state index contributed by atoms with van der Waals surface area (Å²) in [5.41, 5.74) is 1.32.